The first-order valence-corrected chi connectivity index (χ1v) is 8.97. The summed E-state index contributed by atoms with van der Waals surface area (Å²) in [6, 6.07) is 11.8. The standard InChI is InChI=1S/C19H12F3NO4S/c20-19(21,22)12-7-16(28-17(18(24)25)10-4-2-1-3-5-10)23-13-8-15-14(6-11(12)13)26-9-27-15/h1-8,17H,9H2,(H,24,25)/t17-/m0/s1. The molecule has 2 aromatic carbocycles. The molecular formula is C19H12F3NO4S. The molecule has 144 valence electrons. The van der Waals surface area contributed by atoms with Crippen molar-refractivity contribution in [2.24, 2.45) is 0 Å². The van der Waals surface area contributed by atoms with Gasteiger partial charge in [0.25, 0.3) is 0 Å². The van der Waals surface area contributed by atoms with Crippen LogP contribution < -0.4 is 9.47 Å². The summed E-state index contributed by atoms with van der Waals surface area (Å²) in [7, 11) is 0. The van der Waals surface area contributed by atoms with E-state index in [1.54, 1.807) is 30.3 Å². The molecule has 1 N–H and O–H groups in total. The molecule has 2 heterocycles. The Labute approximate surface area is 161 Å². The van der Waals surface area contributed by atoms with E-state index in [1.165, 1.54) is 12.1 Å². The SMILES string of the molecule is O=C(O)[C@@H](Sc1cc(C(F)(F)F)c2cc3c(cc2n1)OCO3)c1ccccc1. The number of aliphatic carboxylic acids is 1. The van der Waals surface area contributed by atoms with Crippen molar-refractivity contribution in [1.29, 1.82) is 0 Å². The van der Waals surface area contributed by atoms with Gasteiger partial charge in [-0.3, -0.25) is 4.79 Å². The maximum Gasteiger partial charge on any atom is 0.417 e. The molecule has 5 nitrogen and oxygen atoms in total. The predicted octanol–water partition coefficient (Wildman–Crippen LogP) is 4.90. The molecule has 0 saturated heterocycles. The summed E-state index contributed by atoms with van der Waals surface area (Å²) in [5, 5.41) is 8.28. The number of carbonyl (C=O) groups is 1. The summed E-state index contributed by atoms with van der Waals surface area (Å²) >= 11 is 0.746. The van der Waals surface area contributed by atoms with Gasteiger partial charge in [-0.05, 0) is 17.7 Å². The van der Waals surface area contributed by atoms with Crippen LogP contribution in [-0.4, -0.2) is 22.9 Å². The molecule has 0 amide bonds. The van der Waals surface area contributed by atoms with E-state index in [2.05, 4.69) is 4.98 Å². The number of halogens is 3. The number of carboxylic acid groups (broad SMARTS) is 1. The van der Waals surface area contributed by atoms with Crippen molar-refractivity contribution in [3.8, 4) is 11.5 Å². The second kappa shape index (κ2) is 6.90. The number of thioether (sulfide) groups is 1. The van der Waals surface area contributed by atoms with Crippen molar-refractivity contribution in [1.82, 2.24) is 4.98 Å². The van der Waals surface area contributed by atoms with E-state index >= 15 is 0 Å². The van der Waals surface area contributed by atoms with Gasteiger partial charge >= 0.3 is 12.1 Å². The normalized spacial score (nSPS) is 14.2. The Bertz CT molecular complexity index is 1060. The summed E-state index contributed by atoms with van der Waals surface area (Å²) in [6.45, 7) is -0.0797. The fourth-order valence-corrected chi connectivity index (χ4v) is 3.87. The summed E-state index contributed by atoms with van der Waals surface area (Å²) in [4.78, 5) is 15.9. The fourth-order valence-electron chi connectivity index (χ4n) is 2.90. The number of aromatic nitrogens is 1. The average Bonchev–Trinajstić information content (AvgIpc) is 3.10. The van der Waals surface area contributed by atoms with Gasteiger partial charge in [0.15, 0.2) is 11.5 Å². The lowest BCUT2D eigenvalue weighted by atomic mass is 10.1. The third-order valence-electron chi connectivity index (χ3n) is 4.15. The minimum atomic E-state index is -4.64. The van der Waals surface area contributed by atoms with Crippen molar-refractivity contribution >= 4 is 28.6 Å². The van der Waals surface area contributed by atoms with Gasteiger partial charge < -0.3 is 14.6 Å². The highest BCUT2D eigenvalue weighted by atomic mass is 32.2. The van der Waals surface area contributed by atoms with Crippen LogP contribution in [0.5, 0.6) is 11.5 Å². The van der Waals surface area contributed by atoms with Crippen molar-refractivity contribution < 1.29 is 32.5 Å². The lowest BCUT2D eigenvalue weighted by Gasteiger charge is -2.15. The van der Waals surface area contributed by atoms with Crippen molar-refractivity contribution in [2.45, 2.75) is 16.5 Å². The van der Waals surface area contributed by atoms with Crippen LogP contribution in [0.1, 0.15) is 16.4 Å². The average molecular weight is 407 g/mol. The largest absolute Gasteiger partial charge is 0.480 e. The Morgan fingerprint density at radius 3 is 2.43 bits per heavy atom. The molecule has 0 aliphatic carbocycles. The molecule has 1 aliphatic heterocycles. The minimum Gasteiger partial charge on any atom is -0.480 e. The Kier molecular flexibility index (Phi) is 4.54. The first-order chi connectivity index (χ1) is 13.3. The lowest BCUT2D eigenvalue weighted by Crippen LogP contribution is -2.10. The zero-order chi connectivity index (χ0) is 19.9. The smallest absolute Gasteiger partial charge is 0.417 e. The van der Waals surface area contributed by atoms with Crippen LogP contribution in [0.3, 0.4) is 0 Å². The van der Waals surface area contributed by atoms with E-state index in [9.17, 15) is 23.1 Å². The number of nitrogens with zero attached hydrogens (tertiary/aromatic N) is 1. The number of benzene rings is 2. The van der Waals surface area contributed by atoms with Gasteiger partial charge in [0.2, 0.25) is 6.79 Å². The summed E-state index contributed by atoms with van der Waals surface area (Å²) < 4.78 is 51.3. The molecule has 9 heteroatoms. The third-order valence-corrected chi connectivity index (χ3v) is 5.31. The van der Waals surface area contributed by atoms with Crippen LogP contribution in [0.15, 0.2) is 53.6 Å². The lowest BCUT2D eigenvalue weighted by molar-refractivity contribution is -0.137. The number of hydrogen-bond donors (Lipinski definition) is 1. The Balaban J connectivity index is 1.83. The number of carboxylic acids is 1. The Hall–Kier alpha value is -2.94. The summed E-state index contributed by atoms with van der Waals surface area (Å²) in [5.74, 6) is -0.654. The summed E-state index contributed by atoms with van der Waals surface area (Å²) in [5.41, 5.74) is -0.393. The van der Waals surface area contributed by atoms with Crippen LogP contribution in [-0.2, 0) is 11.0 Å². The van der Waals surface area contributed by atoms with E-state index in [0.29, 0.717) is 11.3 Å². The number of rotatable bonds is 4. The molecule has 28 heavy (non-hydrogen) atoms. The predicted molar refractivity (Wildman–Crippen MR) is 95.5 cm³/mol. The molecule has 1 aromatic heterocycles. The van der Waals surface area contributed by atoms with Crippen LogP contribution >= 0.6 is 11.8 Å². The first-order valence-electron chi connectivity index (χ1n) is 8.09. The highest BCUT2D eigenvalue weighted by Gasteiger charge is 2.35. The van der Waals surface area contributed by atoms with E-state index in [4.69, 9.17) is 9.47 Å². The molecular weight excluding hydrogens is 395 g/mol. The maximum atomic E-state index is 13.6. The number of hydrogen-bond acceptors (Lipinski definition) is 5. The molecule has 0 fully saturated rings. The number of alkyl halides is 3. The molecule has 3 aromatic rings. The number of fused-ring (bicyclic) bond motifs is 2. The second-order valence-electron chi connectivity index (χ2n) is 5.98. The zero-order valence-electron chi connectivity index (χ0n) is 14.1. The highest BCUT2D eigenvalue weighted by Crippen LogP contribution is 2.44. The fraction of sp³-hybridized carbons (Fsp3) is 0.158. The van der Waals surface area contributed by atoms with Crippen molar-refractivity contribution in [3.05, 3.63) is 59.7 Å². The molecule has 0 bridgehead atoms. The molecule has 4 rings (SSSR count). The van der Waals surface area contributed by atoms with Gasteiger partial charge in [0.05, 0.1) is 16.1 Å². The van der Waals surface area contributed by atoms with E-state index < -0.39 is 23.0 Å². The molecule has 1 atom stereocenters. The first kappa shape index (κ1) is 18.4. The maximum absolute atomic E-state index is 13.6. The highest BCUT2D eigenvalue weighted by molar-refractivity contribution is 8.00. The molecule has 0 unspecified atom stereocenters. The van der Waals surface area contributed by atoms with Gasteiger partial charge in [0.1, 0.15) is 5.25 Å². The Morgan fingerprint density at radius 2 is 1.79 bits per heavy atom. The zero-order valence-corrected chi connectivity index (χ0v) is 14.9. The van der Waals surface area contributed by atoms with Gasteiger partial charge in [-0.15, -0.1) is 0 Å². The molecule has 0 spiro atoms. The minimum absolute atomic E-state index is 0.0463. The van der Waals surface area contributed by atoms with Gasteiger partial charge in [-0.1, -0.05) is 42.1 Å². The second-order valence-corrected chi connectivity index (χ2v) is 7.10. The van der Waals surface area contributed by atoms with Crippen LogP contribution in [0, 0.1) is 0 Å². The number of pyridine rings is 1. The number of ether oxygens (including phenoxy) is 2. The van der Waals surface area contributed by atoms with Crippen LogP contribution in [0.4, 0.5) is 13.2 Å². The Morgan fingerprint density at radius 1 is 1.11 bits per heavy atom. The quantitative estimate of drug-likeness (QED) is 0.621. The summed E-state index contributed by atoms with van der Waals surface area (Å²) in [6.07, 6.45) is -4.64. The molecule has 1 aliphatic rings. The molecule has 0 radical (unpaired) electrons. The molecule has 0 saturated carbocycles. The van der Waals surface area contributed by atoms with E-state index in [0.717, 1.165) is 17.8 Å². The van der Waals surface area contributed by atoms with Crippen molar-refractivity contribution in [2.75, 3.05) is 6.79 Å². The van der Waals surface area contributed by atoms with Crippen molar-refractivity contribution in [3.63, 3.8) is 0 Å². The van der Waals surface area contributed by atoms with Gasteiger partial charge in [-0.25, -0.2) is 4.98 Å². The van der Waals surface area contributed by atoms with E-state index in [1.807, 2.05) is 0 Å². The van der Waals surface area contributed by atoms with Gasteiger partial charge in [-0.2, -0.15) is 13.2 Å². The van der Waals surface area contributed by atoms with Crippen LogP contribution in [0.2, 0.25) is 0 Å². The third kappa shape index (κ3) is 3.45. The monoisotopic (exact) mass is 407 g/mol. The van der Waals surface area contributed by atoms with Crippen LogP contribution in [0.25, 0.3) is 10.9 Å². The van der Waals surface area contributed by atoms with Gasteiger partial charge in [0, 0.05) is 11.5 Å². The topological polar surface area (TPSA) is 68.7 Å². The van der Waals surface area contributed by atoms with E-state index in [-0.39, 0.29) is 28.5 Å².